The van der Waals surface area contributed by atoms with Gasteiger partial charge in [-0.25, -0.2) is 14.6 Å². The summed E-state index contributed by atoms with van der Waals surface area (Å²) in [4.78, 5) is 25.9. The molecule has 0 bridgehead atoms. The third kappa shape index (κ3) is 1.44. The highest BCUT2D eigenvalue weighted by atomic mass is 32.1. The fourth-order valence-electron chi connectivity index (χ4n) is 1.30. The standard InChI is InChI=1S/C9H5NO4S/c11-8(12)5-4-2-1-3-10-7(4)15-6(5)9(13)14/h1-3H,(H,11,12)(H,13,14). The average molecular weight is 223 g/mol. The van der Waals surface area contributed by atoms with Gasteiger partial charge in [0.15, 0.2) is 0 Å². The molecule has 0 amide bonds. The highest BCUT2D eigenvalue weighted by molar-refractivity contribution is 7.20. The molecule has 0 saturated carbocycles. The molecule has 0 spiro atoms. The largest absolute Gasteiger partial charge is 0.478 e. The second-order valence-corrected chi connectivity index (χ2v) is 3.77. The summed E-state index contributed by atoms with van der Waals surface area (Å²) in [6, 6.07) is 3.13. The number of pyridine rings is 1. The lowest BCUT2D eigenvalue weighted by Crippen LogP contribution is -2.03. The molecule has 2 rings (SSSR count). The Morgan fingerprint density at radius 1 is 1.27 bits per heavy atom. The van der Waals surface area contributed by atoms with Gasteiger partial charge >= 0.3 is 11.9 Å². The van der Waals surface area contributed by atoms with E-state index in [1.54, 1.807) is 12.1 Å². The van der Waals surface area contributed by atoms with Crippen molar-refractivity contribution in [3.05, 3.63) is 28.8 Å². The van der Waals surface area contributed by atoms with Crippen LogP contribution in [0.4, 0.5) is 0 Å². The van der Waals surface area contributed by atoms with Gasteiger partial charge in [-0.2, -0.15) is 0 Å². The van der Waals surface area contributed by atoms with Gasteiger partial charge in [0.1, 0.15) is 9.71 Å². The first-order valence-corrected chi connectivity index (χ1v) is 4.77. The number of carbonyl (C=O) groups is 2. The van der Waals surface area contributed by atoms with E-state index in [9.17, 15) is 9.59 Å². The van der Waals surface area contributed by atoms with Crippen LogP contribution in [0.3, 0.4) is 0 Å². The third-order valence-corrected chi connectivity index (χ3v) is 2.98. The quantitative estimate of drug-likeness (QED) is 0.808. The van der Waals surface area contributed by atoms with E-state index >= 15 is 0 Å². The minimum atomic E-state index is -1.24. The summed E-state index contributed by atoms with van der Waals surface area (Å²) in [5.41, 5.74) is -0.185. The van der Waals surface area contributed by atoms with Crippen LogP contribution in [0.25, 0.3) is 10.2 Å². The average Bonchev–Trinajstić information content (AvgIpc) is 2.56. The first-order valence-electron chi connectivity index (χ1n) is 3.95. The Morgan fingerprint density at radius 3 is 2.60 bits per heavy atom. The van der Waals surface area contributed by atoms with Crippen molar-refractivity contribution in [1.82, 2.24) is 4.98 Å². The molecule has 0 atom stereocenters. The van der Waals surface area contributed by atoms with Crippen LogP contribution in [0.15, 0.2) is 18.3 Å². The summed E-state index contributed by atoms with van der Waals surface area (Å²) in [5.74, 6) is -2.48. The molecule has 6 heteroatoms. The Kier molecular flexibility index (Phi) is 2.12. The summed E-state index contributed by atoms with van der Waals surface area (Å²) >= 11 is 0.869. The number of aromatic carboxylic acids is 2. The van der Waals surface area contributed by atoms with E-state index in [-0.39, 0.29) is 10.4 Å². The Hall–Kier alpha value is -1.95. The molecule has 5 nitrogen and oxygen atoms in total. The molecule has 0 aliphatic carbocycles. The topological polar surface area (TPSA) is 87.5 Å². The molecule has 2 heterocycles. The van der Waals surface area contributed by atoms with Crippen molar-refractivity contribution >= 4 is 33.5 Å². The number of hydrogen-bond acceptors (Lipinski definition) is 4. The van der Waals surface area contributed by atoms with Gasteiger partial charge in [-0.1, -0.05) is 0 Å². The normalized spacial score (nSPS) is 10.4. The number of rotatable bonds is 2. The highest BCUT2D eigenvalue weighted by Crippen LogP contribution is 2.29. The van der Waals surface area contributed by atoms with Crippen molar-refractivity contribution in [2.24, 2.45) is 0 Å². The first kappa shape index (κ1) is 9.60. The lowest BCUT2D eigenvalue weighted by Gasteiger charge is -1.92. The van der Waals surface area contributed by atoms with Gasteiger partial charge in [-0.3, -0.25) is 0 Å². The van der Waals surface area contributed by atoms with E-state index in [0.717, 1.165) is 11.3 Å². The summed E-state index contributed by atoms with van der Waals surface area (Å²) in [7, 11) is 0. The van der Waals surface area contributed by atoms with Gasteiger partial charge in [0.25, 0.3) is 0 Å². The van der Waals surface area contributed by atoms with Gasteiger partial charge in [0, 0.05) is 11.6 Å². The molecular weight excluding hydrogens is 218 g/mol. The number of carboxylic acids is 2. The second kappa shape index (κ2) is 3.32. The first-order chi connectivity index (χ1) is 7.11. The lowest BCUT2D eigenvalue weighted by atomic mass is 10.2. The molecule has 0 aliphatic heterocycles. The number of aromatic nitrogens is 1. The third-order valence-electron chi connectivity index (χ3n) is 1.87. The van der Waals surface area contributed by atoms with Crippen LogP contribution in [-0.2, 0) is 0 Å². The summed E-state index contributed by atoms with van der Waals surface area (Å²) in [6.07, 6.45) is 1.50. The zero-order chi connectivity index (χ0) is 11.0. The maximum atomic E-state index is 10.9. The smallest absolute Gasteiger partial charge is 0.346 e. The maximum absolute atomic E-state index is 10.9. The van der Waals surface area contributed by atoms with Crippen molar-refractivity contribution in [2.75, 3.05) is 0 Å². The lowest BCUT2D eigenvalue weighted by molar-refractivity contribution is 0.0657. The minimum Gasteiger partial charge on any atom is -0.478 e. The summed E-state index contributed by atoms with van der Waals surface area (Å²) < 4.78 is 0. The molecule has 2 aromatic rings. The molecule has 0 unspecified atom stereocenters. The molecule has 0 radical (unpaired) electrons. The number of carboxylic acid groups (broad SMARTS) is 2. The highest BCUT2D eigenvalue weighted by Gasteiger charge is 2.22. The van der Waals surface area contributed by atoms with Gasteiger partial charge in [0.05, 0.1) is 5.56 Å². The second-order valence-electron chi connectivity index (χ2n) is 2.77. The van der Waals surface area contributed by atoms with E-state index < -0.39 is 11.9 Å². The predicted molar refractivity (Wildman–Crippen MR) is 53.5 cm³/mol. The van der Waals surface area contributed by atoms with Crippen LogP contribution in [0.5, 0.6) is 0 Å². The SMILES string of the molecule is O=C(O)c1sc2ncccc2c1C(=O)O. The Bertz CT molecular complexity index is 560. The predicted octanol–water partition coefficient (Wildman–Crippen LogP) is 1.69. The van der Waals surface area contributed by atoms with Gasteiger partial charge in [-0.05, 0) is 12.1 Å². The van der Waals surface area contributed by atoms with Crippen molar-refractivity contribution in [3.8, 4) is 0 Å². The Morgan fingerprint density at radius 2 is 2.00 bits per heavy atom. The zero-order valence-electron chi connectivity index (χ0n) is 7.30. The maximum Gasteiger partial charge on any atom is 0.346 e. The van der Waals surface area contributed by atoms with E-state index in [2.05, 4.69) is 4.98 Å². The summed E-state index contributed by atoms with van der Waals surface area (Å²) in [6.45, 7) is 0. The van der Waals surface area contributed by atoms with Gasteiger partial charge in [-0.15, -0.1) is 11.3 Å². The van der Waals surface area contributed by atoms with Crippen LogP contribution < -0.4 is 0 Å². The fourth-order valence-corrected chi connectivity index (χ4v) is 2.27. The van der Waals surface area contributed by atoms with E-state index in [1.165, 1.54) is 6.20 Å². The van der Waals surface area contributed by atoms with Crippen LogP contribution >= 0.6 is 11.3 Å². The van der Waals surface area contributed by atoms with Crippen LogP contribution in [0.1, 0.15) is 20.0 Å². The van der Waals surface area contributed by atoms with Crippen molar-refractivity contribution < 1.29 is 19.8 Å². The molecule has 0 fully saturated rings. The fraction of sp³-hybridized carbons (Fsp3) is 0. The number of thiophene rings is 1. The Balaban J connectivity index is 2.86. The van der Waals surface area contributed by atoms with E-state index in [4.69, 9.17) is 10.2 Å². The number of nitrogens with zero attached hydrogens (tertiary/aromatic N) is 1. The summed E-state index contributed by atoms with van der Waals surface area (Å²) in [5, 5.41) is 18.1. The molecule has 0 aromatic carbocycles. The van der Waals surface area contributed by atoms with Crippen molar-refractivity contribution in [2.45, 2.75) is 0 Å². The molecule has 2 N–H and O–H groups in total. The van der Waals surface area contributed by atoms with Crippen LogP contribution in [0.2, 0.25) is 0 Å². The van der Waals surface area contributed by atoms with Crippen LogP contribution in [0, 0.1) is 0 Å². The van der Waals surface area contributed by atoms with Gasteiger partial charge in [0.2, 0.25) is 0 Å². The zero-order valence-corrected chi connectivity index (χ0v) is 8.11. The van der Waals surface area contributed by atoms with E-state index in [1.807, 2.05) is 0 Å². The molecule has 2 aromatic heterocycles. The molecule has 0 aliphatic rings. The van der Waals surface area contributed by atoms with Crippen LogP contribution in [-0.4, -0.2) is 27.1 Å². The Labute approximate surface area is 87.6 Å². The van der Waals surface area contributed by atoms with Crippen molar-refractivity contribution in [3.63, 3.8) is 0 Å². The monoisotopic (exact) mass is 223 g/mol. The van der Waals surface area contributed by atoms with Gasteiger partial charge < -0.3 is 10.2 Å². The van der Waals surface area contributed by atoms with E-state index in [0.29, 0.717) is 10.2 Å². The minimum absolute atomic E-state index is 0.184. The molecule has 76 valence electrons. The molecule has 0 saturated heterocycles. The number of fused-ring (bicyclic) bond motifs is 1. The van der Waals surface area contributed by atoms with Crippen molar-refractivity contribution in [1.29, 1.82) is 0 Å². The number of hydrogen-bond donors (Lipinski definition) is 2. The molecule has 15 heavy (non-hydrogen) atoms. The molecular formula is C9H5NO4S.